The first kappa shape index (κ1) is 41.9. The zero-order valence-electron chi connectivity index (χ0n) is 32.4. The molecule has 48 heavy (non-hydrogen) atoms. The molecule has 1 aliphatic rings. The SMILES string of the molecule is CC#CCC(C)C(C=C[C@@H]1[C@@H](c2cccc(CCCC(=O)OC)c2OCOC)C(=O)C[C@H]1O[Si](C)(C)C(C)(C)C)O[Si](C)(C)C(C)(C)C. The lowest BCUT2D eigenvalue weighted by Gasteiger charge is -2.41. The predicted octanol–water partition coefficient (Wildman–Crippen LogP) is 9.22. The van der Waals surface area contributed by atoms with Gasteiger partial charge in [0.05, 0.1) is 25.2 Å². The maximum Gasteiger partial charge on any atom is 0.305 e. The van der Waals surface area contributed by atoms with Gasteiger partial charge in [-0.15, -0.1) is 11.8 Å². The van der Waals surface area contributed by atoms with Crippen LogP contribution in [0.4, 0.5) is 0 Å². The summed E-state index contributed by atoms with van der Waals surface area (Å²) in [6, 6.07) is 5.97. The van der Waals surface area contributed by atoms with Crippen LogP contribution in [0.3, 0.4) is 0 Å². The summed E-state index contributed by atoms with van der Waals surface area (Å²) in [6.07, 6.45) is 6.50. The summed E-state index contributed by atoms with van der Waals surface area (Å²) in [5, 5.41) is 0.0208. The Balaban J connectivity index is 2.71. The lowest BCUT2D eigenvalue weighted by molar-refractivity contribution is -0.140. The molecule has 0 radical (unpaired) electrons. The van der Waals surface area contributed by atoms with E-state index in [1.807, 2.05) is 25.1 Å². The number of hydrogen-bond donors (Lipinski definition) is 0. The number of methoxy groups -OCH3 is 2. The molecule has 1 fully saturated rings. The molecule has 270 valence electrons. The third-order valence-corrected chi connectivity index (χ3v) is 19.6. The number of Topliss-reactive ketones (excluding diaryl/α,β-unsaturated/α-hetero) is 1. The zero-order valence-corrected chi connectivity index (χ0v) is 34.4. The highest BCUT2D eigenvalue weighted by molar-refractivity contribution is 6.74. The van der Waals surface area contributed by atoms with Crippen molar-refractivity contribution in [3.05, 3.63) is 41.5 Å². The molecule has 0 amide bonds. The number of ketones is 1. The van der Waals surface area contributed by atoms with Crippen molar-refractivity contribution in [2.75, 3.05) is 21.0 Å². The molecule has 9 heteroatoms. The molecule has 0 bridgehead atoms. The van der Waals surface area contributed by atoms with E-state index in [9.17, 15) is 9.59 Å². The second kappa shape index (κ2) is 17.6. The molecule has 1 saturated carbocycles. The smallest absolute Gasteiger partial charge is 0.305 e. The lowest BCUT2D eigenvalue weighted by atomic mass is 9.84. The Morgan fingerprint density at radius 2 is 1.69 bits per heavy atom. The zero-order chi connectivity index (χ0) is 36.5. The number of rotatable bonds is 16. The van der Waals surface area contributed by atoms with E-state index in [0.29, 0.717) is 31.4 Å². The summed E-state index contributed by atoms with van der Waals surface area (Å²) in [5.74, 6) is 6.31. The third kappa shape index (κ3) is 11.1. The molecule has 1 aromatic rings. The van der Waals surface area contributed by atoms with Crippen molar-refractivity contribution in [3.8, 4) is 17.6 Å². The van der Waals surface area contributed by atoms with Crippen molar-refractivity contribution >= 4 is 28.4 Å². The van der Waals surface area contributed by atoms with Crippen LogP contribution in [0.5, 0.6) is 5.75 Å². The van der Waals surface area contributed by atoms with Crippen molar-refractivity contribution in [2.45, 2.75) is 142 Å². The van der Waals surface area contributed by atoms with Crippen molar-refractivity contribution in [1.29, 1.82) is 0 Å². The summed E-state index contributed by atoms with van der Waals surface area (Å²) >= 11 is 0. The van der Waals surface area contributed by atoms with Crippen LogP contribution in [0.1, 0.15) is 98.1 Å². The van der Waals surface area contributed by atoms with E-state index >= 15 is 0 Å². The van der Waals surface area contributed by atoms with Gasteiger partial charge in [0.25, 0.3) is 0 Å². The van der Waals surface area contributed by atoms with Gasteiger partial charge in [0.15, 0.2) is 23.4 Å². The predicted molar refractivity (Wildman–Crippen MR) is 200 cm³/mol. The summed E-state index contributed by atoms with van der Waals surface area (Å²) in [6.45, 7) is 26.6. The van der Waals surface area contributed by atoms with Gasteiger partial charge in [0, 0.05) is 37.9 Å². The summed E-state index contributed by atoms with van der Waals surface area (Å²) in [7, 11) is -1.38. The summed E-state index contributed by atoms with van der Waals surface area (Å²) in [5.41, 5.74) is 1.76. The second-order valence-electron chi connectivity index (χ2n) is 16.3. The minimum absolute atomic E-state index is 0.0179. The first-order chi connectivity index (χ1) is 22.2. The maximum atomic E-state index is 14.2. The van der Waals surface area contributed by atoms with Gasteiger partial charge in [-0.2, -0.15) is 0 Å². The average molecular weight is 701 g/mol. The molecule has 0 aromatic heterocycles. The highest BCUT2D eigenvalue weighted by Gasteiger charge is 2.49. The van der Waals surface area contributed by atoms with E-state index in [1.165, 1.54) is 7.11 Å². The molecule has 2 rings (SSSR count). The topological polar surface area (TPSA) is 80.3 Å². The van der Waals surface area contributed by atoms with Crippen molar-refractivity contribution in [2.24, 2.45) is 11.8 Å². The molecular formula is C39H64O7Si2. The number of ether oxygens (including phenoxy) is 3. The Kier molecular flexibility index (Phi) is 15.4. The van der Waals surface area contributed by atoms with Gasteiger partial charge in [-0.05, 0) is 67.5 Å². The van der Waals surface area contributed by atoms with Gasteiger partial charge in [-0.3, -0.25) is 9.59 Å². The van der Waals surface area contributed by atoms with Gasteiger partial charge >= 0.3 is 5.97 Å². The molecule has 1 aromatic carbocycles. The molecule has 0 heterocycles. The van der Waals surface area contributed by atoms with Crippen LogP contribution in [-0.4, -0.2) is 61.6 Å². The van der Waals surface area contributed by atoms with Gasteiger partial charge in [-0.25, -0.2) is 0 Å². The molecule has 0 saturated heterocycles. The molecule has 0 spiro atoms. The highest BCUT2D eigenvalue weighted by Crippen LogP contribution is 2.48. The first-order valence-electron chi connectivity index (χ1n) is 17.5. The fraction of sp³-hybridized carbons (Fsp3) is 0.692. The Bertz CT molecular complexity index is 1310. The highest BCUT2D eigenvalue weighted by atomic mass is 28.4. The molecule has 1 aliphatic carbocycles. The van der Waals surface area contributed by atoms with E-state index in [0.717, 1.165) is 17.5 Å². The van der Waals surface area contributed by atoms with Gasteiger partial charge in [-0.1, -0.05) is 78.8 Å². The van der Waals surface area contributed by atoms with E-state index < -0.39 is 22.6 Å². The minimum Gasteiger partial charge on any atom is -0.469 e. The number of aryl methyl sites for hydroxylation is 1. The van der Waals surface area contributed by atoms with Crippen molar-refractivity contribution < 1.29 is 32.7 Å². The molecule has 5 atom stereocenters. The number of benzene rings is 1. The normalized spacial score (nSPS) is 20.4. The van der Waals surface area contributed by atoms with Crippen LogP contribution in [-0.2, 0) is 34.3 Å². The van der Waals surface area contributed by atoms with E-state index in [4.69, 9.17) is 23.1 Å². The quantitative estimate of drug-likeness (QED) is 0.0559. The molecule has 7 nitrogen and oxygen atoms in total. The standard InChI is InChI=1S/C39H64O7Si2/c1-15-16-19-28(2)33(45-47(11,12)38(3,4)5)25-24-30-34(46-48(13,14)39(6,7)8)26-32(40)36(30)31-22-17-20-29(37(31)44-27-42-9)21-18-23-35(41)43-10/h17,20,22,24-25,28,30,33-34,36H,18-19,21,23,26-27H2,1-14H3/t28?,30-,33?,34+,36-/m0/s1. The number of carbonyl (C=O) groups is 2. The van der Waals surface area contributed by atoms with E-state index in [1.54, 1.807) is 7.11 Å². The van der Waals surface area contributed by atoms with E-state index in [2.05, 4.69) is 98.6 Å². The second-order valence-corrected chi connectivity index (χ2v) is 25.8. The Labute approximate surface area is 294 Å². The van der Waals surface area contributed by atoms with Crippen LogP contribution in [0.2, 0.25) is 36.3 Å². The van der Waals surface area contributed by atoms with Crippen molar-refractivity contribution in [3.63, 3.8) is 0 Å². The van der Waals surface area contributed by atoms with E-state index in [-0.39, 0.29) is 52.7 Å². The number of esters is 1. The summed E-state index contributed by atoms with van der Waals surface area (Å²) in [4.78, 5) is 26.1. The Hall–Kier alpha value is -2.23. The molecule has 2 unspecified atom stereocenters. The fourth-order valence-electron chi connectivity index (χ4n) is 5.53. The maximum absolute atomic E-state index is 14.2. The van der Waals surface area contributed by atoms with Gasteiger partial charge < -0.3 is 23.1 Å². The van der Waals surface area contributed by atoms with Crippen LogP contribution in [0.15, 0.2) is 30.4 Å². The first-order valence-corrected chi connectivity index (χ1v) is 23.3. The number of carbonyl (C=O) groups excluding carboxylic acids is 2. The largest absolute Gasteiger partial charge is 0.469 e. The van der Waals surface area contributed by atoms with Crippen LogP contribution >= 0.6 is 0 Å². The Morgan fingerprint density at radius 1 is 1.04 bits per heavy atom. The van der Waals surface area contributed by atoms with Crippen LogP contribution in [0.25, 0.3) is 0 Å². The van der Waals surface area contributed by atoms with Gasteiger partial charge in [0.2, 0.25) is 0 Å². The van der Waals surface area contributed by atoms with Crippen LogP contribution < -0.4 is 4.74 Å². The number of para-hydroxylation sites is 1. The minimum atomic E-state index is -2.23. The summed E-state index contributed by atoms with van der Waals surface area (Å²) < 4.78 is 30.5. The number of hydrogen-bond acceptors (Lipinski definition) is 7. The van der Waals surface area contributed by atoms with Gasteiger partial charge in [0.1, 0.15) is 11.5 Å². The molecule has 0 N–H and O–H groups in total. The third-order valence-electron chi connectivity index (χ3n) is 10.6. The van der Waals surface area contributed by atoms with Crippen molar-refractivity contribution in [1.82, 2.24) is 0 Å². The average Bonchev–Trinajstić information content (AvgIpc) is 3.28. The molecule has 0 aliphatic heterocycles. The van der Waals surface area contributed by atoms with Crippen LogP contribution in [0, 0.1) is 23.7 Å². The fourth-order valence-corrected chi connectivity index (χ4v) is 8.22. The lowest BCUT2D eigenvalue weighted by Crippen LogP contribution is -2.45. The molecular weight excluding hydrogens is 637 g/mol. The monoisotopic (exact) mass is 700 g/mol. The Morgan fingerprint density at radius 3 is 2.25 bits per heavy atom.